The third kappa shape index (κ3) is 4.61. The van der Waals surface area contributed by atoms with E-state index in [1.54, 1.807) is 12.4 Å². The van der Waals surface area contributed by atoms with E-state index in [2.05, 4.69) is 22.0 Å². The smallest absolute Gasteiger partial charge is 0.255 e. The molecule has 0 bridgehead atoms. The summed E-state index contributed by atoms with van der Waals surface area (Å²) in [5.74, 6) is 1.01. The lowest BCUT2D eigenvalue weighted by Gasteiger charge is -2.22. The lowest BCUT2D eigenvalue weighted by molar-refractivity contribution is 0.0760. The maximum Gasteiger partial charge on any atom is 0.255 e. The second-order valence-electron chi connectivity index (χ2n) is 6.69. The van der Waals surface area contributed by atoms with Gasteiger partial charge in [-0.2, -0.15) is 0 Å². The van der Waals surface area contributed by atoms with E-state index in [0.29, 0.717) is 12.2 Å². The van der Waals surface area contributed by atoms with Crippen LogP contribution in [0.5, 0.6) is 5.75 Å². The normalized spacial score (nSPS) is 15.5. The van der Waals surface area contributed by atoms with Crippen LogP contribution in [0.25, 0.3) is 0 Å². The van der Waals surface area contributed by atoms with Gasteiger partial charge in [0, 0.05) is 45.1 Å². The van der Waals surface area contributed by atoms with Gasteiger partial charge in [-0.3, -0.25) is 14.7 Å². The number of amides is 1. The number of carbonyl (C=O) groups is 1. The maximum atomic E-state index is 12.8. The molecule has 0 saturated carbocycles. The van der Waals surface area contributed by atoms with Crippen LogP contribution in [0.1, 0.15) is 34.8 Å². The first-order valence-electron chi connectivity index (χ1n) is 9.31. The summed E-state index contributed by atoms with van der Waals surface area (Å²) in [6.45, 7) is 8.94. The predicted molar refractivity (Wildman–Crippen MR) is 102 cm³/mol. The third-order valence-corrected chi connectivity index (χ3v) is 4.76. The Hall–Kier alpha value is -2.40. The fourth-order valence-corrected chi connectivity index (χ4v) is 3.35. The van der Waals surface area contributed by atoms with Crippen LogP contribution in [0, 0.1) is 6.92 Å². The van der Waals surface area contributed by atoms with Crippen LogP contribution in [0.2, 0.25) is 0 Å². The molecule has 0 aliphatic carbocycles. The summed E-state index contributed by atoms with van der Waals surface area (Å²) >= 11 is 0. The lowest BCUT2D eigenvalue weighted by Crippen LogP contribution is -2.35. The molecule has 1 aliphatic rings. The Balaban J connectivity index is 1.61. The second-order valence-corrected chi connectivity index (χ2v) is 6.69. The molecule has 0 N–H and O–H groups in total. The molecule has 3 rings (SSSR count). The van der Waals surface area contributed by atoms with Gasteiger partial charge < -0.3 is 9.64 Å². The Morgan fingerprint density at radius 2 is 2.08 bits per heavy atom. The predicted octanol–water partition coefficient (Wildman–Crippen LogP) is 3.14. The van der Waals surface area contributed by atoms with Crippen LogP contribution >= 0.6 is 0 Å². The van der Waals surface area contributed by atoms with Gasteiger partial charge in [-0.25, -0.2) is 0 Å². The van der Waals surface area contributed by atoms with Gasteiger partial charge >= 0.3 is 0 Å². The number of aryl methyl sites for hydroxylation is 1. The van der Waals surface area contributed by atoms with Gasteiger partial charge in [-0.1, -0.05) is 12.1 Å². The molecule has 2 aromatic rings. The maximum absolute atomic E-state index is 12.8. The van der Waals surface area contributed by atoms with E-state index < -0.39 is 0 Å². The van der Waals surface area contributed by atoms with Gasteiger partial charge in [-0.15, -0.1) is 0 Å². The number of hydrogen-bond donors (Lipinski definition) is 0. The van der Waals surface area contributed by atoms with Crippen molar-refractivity contribution in [2.45, 2.75) is 26.8 Å². The van der Waals surface area contributed by atoms with Crippen molar-refractivity contribution in [1.29, 1.82) is 0 Å². The Morgan fingerprint density at radius 3 is 2.88 bits per heavy atom. The van der Waals surface area contributed by atoms with E-state index >= 15 is 0 Å². The Bertz CT molecular complexity index is 748. The molecular formula is C21H27N3O2. The van der Waals surface area contributed by atoms with Crippen LogP contribution in [0.4, 0.5) is 0 Å². The standard InChI is InChI=1S/C21H27N3O2/c1-3-26-19-7-4-6-18(14-19)16-23-10-5-11-24(13-12-23)21(25)20-15-22-9-8-17(20)2/h4,6-9,14-15H,3,5,10-13,16H2,1-2H3. The van der Waals surface area contributed by atoms with Crippen LogP contribution in [0.15, 0.2) is 42.7 Å². The van der Waals surface area contributed by atoms with Gasteiger partial charge in [0.05, 0.1) is 12.2 Å². The van der Waals surface area contributed by atoms with E-state index in [9.17, 15) is 4.79 Å². The minimum absolute atomic E-state index is 0.0933. The largest absolute Gasteiger partial charge is 0.494 e. The zero-order valence-electron chi connectivity index (χ0n) is 15.6. The number of benzene rings is 1. The van der Waals surface area contributed by atoms with Gasteiger partial charge in [0.2, 0.25) is 0 Å². The molecule has 2 heterocycles. The van der Waals surface area contributed by atoms with Crippen LogP contribution in [-0.2, 0) is 6.54 Å². The molecule has 138 valence electrons. The quantitative estimate of drug-likeness (QED) is 0.828. The molecule has 0 unspecified atom stereocenters. The summed E-state index contributed by atoms with van der Waals surface area (Å²) < 4.78 is 5.59. The topological polar surface area (TPSA) is 45.7 Å². The van der Waals surface area contributed by atoms with E-state index in [1.807, 2.05) is 36.9 Å². The highest BCUT2D eigenvalue weighted by molar-refractivity contribution is 5.95. The fourth-order valence-electron chi connectivity index (χ4n) is 3.35. The highest BCUT2D eigenvalue weighted by Crippen LogP contribution is 2.17. The van der Waals surface area contributed by atoms with E-state index in [1.165, 1.54) is 5.56 Å². The fraction of sp³-hybridized carbons (Fsp3) is 0.429. The highest BCUT2D eigenvalue weighted by atomic mass is 16.5. The summed E-state index contributed by atoms with van der Waals surface area (Å²) in [5.41, 5.74) is 2.95. The molecule has 26 heavy (non-hydrogen) atoms. The number of aromatic nitrogens is 1. The SMILES string of the molecule is CCOc1cccc(CN2CCCN(C(=O)c3cnccc3C)CC2)c1. The number of nitrogens with zero attached hydrogens (tertiary/aromatic N) is 3. The lowest BCUT2D eigenvalue weighted by atomic mass is 10.1. The van der Waals surface area contributed by atoms with Gasteiger partial charge in [-0.05, 0) is 49.6 Å². The summed E-state index contributed by atoms with van der Waals surface area (Å²) in [6, 6.07) is 10.2. The van der Waals surface area contributed by atoms with Crippen LogP contribution in [-0.4, -0.2) is 53.5 Å². The molecule has 1 saturated heterocycles. The molecule has 5 heteroatoms. The number of ether oxygens (including phenoxy) is 1. The van der Waals surface area contributed by atoms with E-state index in [4.69, 9.17) is 4.74 Å². The zero-order chi connectivity index (χ0) is 18.4. The second kappa shape index (κ2) is 8.81. The molecule has 0 radical (unpaired) electrons. The number of rotatable bonds is 5. The van der Waals surface area contributed by atoms with Gasteiger partial charge in [0.15, 0.2) is 0 Å². The first-order chi connectivity index (χ1) is 12.7. The molecule has 1 aromatic heterocycles. The van der Waals surface area contributed by atoms with Crippen molar-refractivity contribution in [1.82, 2.24) is 14.8 Å². The molecule has 1 fully saturated rings. The molecule has 1 aromatic carbocycles. The molecular weight excluding hydrogens is 326 g/mol. The minimum atomic E-state index is 0.0933. The molecule has 5 nitrogen and oxygen atoms in total. The average Bonchev–Trinajstić information content (AvgIpc) is 2.88. The molecule has 1 aliphatic heterocycles. The van der Waals surface area contributed by atoms with Crippen molar-refractivity contribution in [2.24, 2.45) is 0 Å². The van der Waals surface area contributed by atoms with Crippen molar-refractivity contribution >= 4 is 5.91 Å². The van der Waals surface area contributed by atoms with Crippen molar-refractivity contribution in [3.63, 3.8) is 0 Å². The first kappa shape index (κ1) is 18.4. The van der Waals surface area contributed by atoms with E-state index in [0.717, 1.165) is 50.5 Å². The van der Waals surface area contributed by atoms with Crippen LogP contribution in [0.3, 0.4) is 0 Å². The van der Waals surface area contributed by atoms with Crippen molar-refractivity contribution in [3.8, 4) is 5.75 Å². The Kier molecular flexibility index (Phi) is 6.23. The van der Waals surface area contributed by atoms with Crippen molar-refractivity contribution in [2.75, 3.05) is 32.8 Å². The molecule has 0 atom stereocenters. The monoisotopic (exact) mass is 353 g/mol. The van der Waals surface area contributed by atoms with Crippen LogP contribution < -0.4 is 4.74 Å². The first-order valence-corrected chi connectivity index (χ1v) is 9.31. The zero-order valence-corrected chi connectivity index (χ0v) is 15.6. The summed E-state index contributed by atoms with van der Waals surface area (Å²) in [7, 11) is 0. The van der Waals surface area contributed by atoms with Gasteiger partial charge in [0.1, 0.15) is 5.75 Å². The summed E-state index contributed by atoms with van der Waals surface area (Å²) in [4.78, 5) is 21.3. The number of pyridine rings is 1. The average molecular weight is 353 g/mol. The number of carbonyl (C=O) groups excluding carboxylic acids is 1. The van der Waals surface area contributed by atoms with E-state index in [-0.39, 0.29) is 5.91 Å². The molecule has 0 spiro atoms. The number of hydrogen-bond acceptors (Lipinski definition) is 4. The Labute approximate surface area is 155 Å². The van der Waals surface area contributed by atoms with Crippen molar-refractivity contribution in [3.05, 3.63) is 59.4 Å². The third-order valence-electron chi connectivity index (χ3n) is 4.76. The summed E-state index contributed by atoms with van der Waals surface area (Å²) in [6.07, 6.45) is 4.39. The van der Waals surface area contributed by atoms with Gasteiger partial charge in [0.25, 0.3) is 5.91 Å². The minimum Gasteiger partial charge on any atom is -0.494 e. The molecule has 1 amide bonds. The summed E-state index contributed by atoms with van der Waals surface area (Å²) in [5, 5.41) is 0. The van der Waals surface area contributed by atoms with Crippen molar-refractivity contribution < 1.29 is 9.53 Å². The highest BCUT2D eigenvalue weighted by Gasteiger charge is 2.21. The Morgan fingerprint density at radius 1 is 1.19 bits per heavy atom.